The van der Waals surface area contributed by atoms with Crippen LogP contribution < -0.4 is 10.6 Å². The molecule has 0 fully saturated rings. The van der Waals surface area contributed by atoms with E-state index in [1.165, 1.54) is 11.3 Å². The fourth-order valence-electron chi connectivity index (χ4n) is 1.64. The summed E-state index contributed by atoms with van der Waals surface area (Å²) in [6.07, 6.45) is 0. The Morgan fingerprint density at radius 2 is 2.00 bits per heavy atom. The Balaban J connectivity index is 2.51. The molecular weight excluding hydrogens is 160 g/mol. The fourth-order valence-corrected chi connectivity index (χ4v) is 1.64. The van der Waals surface area contributed by atoms with E-state index in [0.29, 0.717) is 5.92 Å². The molecule has 2 nitrogen and oxygen atoms in total. The minimum Gasteiger partial charge on any atom is -0.341 e. The predicted molar refractivity (Wildman–Crippen MR) is 56.9 cm³/mol. The molecule has 0 radical (unpaired) electrons. The molecule has 0 spiro atoms. The van der Waals surface area contributed by atoms with Gasteiger partial charge in [0.1, 0.15) is 5.82 Å². The Morgan fingerprint density at radius 1 is 1.23 bits per heavy atom. The smallest absolute Gasteiger partial charge is 0.100 e. The van der Waals surface area contributed by atoms with E-state index >= 15 is 0 Å². The van der Waals surface area contributed by atoms with E-state index in [1.807, 2.05) is 0 Å². The van der Waals surface area contributed by atoms with Gasteiger partial charge in [-0.25, -0.2) is 0 Å². The third kappa shape index (κ3) is 1.28. The van der Waals surface area contributed by atoms with Crippen LogP contribution in [-0.2, 0) is 0 Å². The maximum absolute atomic E-state index is 3.85. The molecule has 68 valence electrons. The summed E-state index contributed by atoms with van der Waals surface area (Å²) in [5.74, 6) is 1.40. The zero-order valence-corrected chi connectivity index (χ0v) is 8.02. The lowest BCUT2D eigenvalue weighted by atomic mass is 10.0. The molecule has 0 amide bonds. The maximum atomic E-state index is 3.85. The van der Waals surface area contributed by atoms with Gasteiger partial charge < -0.3 is 10.6 Å². The molecule has 1 aromatic carbocycles. The van der Waals surface area contributed by atoms with E-state index < -0.39 is 0 Å². The number of hydrogen-bond donors (Lipinski definition) is 2. The van der Waals surface area contributed by atoms with Crippen LogP contribution in [0.5, 0.6) is 0 Å². The molecule has 1 aliphatic rings. The third-order valence-electron chi connectivity index (χ3n) is 2.28. The lowest BCUT2D eigenvalue weighted by molar-refractivity contribution is 0.870. The zero-order chi connectivity index (χ0) is 9.42. The summed E-state index contributed by atoms with van der Waals surface area (Å²) in [6.45, 7) is 8.23. The van der Waals surface area contributed by atoms with E-state index in [9.17, 15) is 0 Å². The highest BCUT2D eigenvalue weighted by atomic mass is 15.2. The number of hydrogen-bond acceptors (Lipinski definition) is 2. The van der Waals surface area contributed by atoms with Gasteiger partial charge in [0, 0.05) is 0 Å². The van der Waals surface area contributed by atoms with Crippen LogP contribution in [0.2, 0.25) is 0 Å². The Labute approximate surface area is 78.7 Å². The Kier molecular flexibility index (Phi) is 1.76. The molecule has 0 atom stereocenters. The topological polar surface area (TPSA) is 24.1 Å². The van der Waals surface area contributed by atoms with Crippen LogP contribution in [-0.4, -0.2) is 0 Å². The lowest BCUT2D eigenvalue weighted by Crippen LogP contribution is -1.97. The molecular formula is C11H14N2. The molecule has 1 heterocycles. The first-order chi connectivity index (χ1) is 6.18. The van der Waals surface area contributed by atoms with Crippen molar-refractivity contribution < 1.29 is 0 Å². The predicted octanol–water partition coefficient (Wildman–Crippen LogP) is 3.12. The normalized spacial score (nSPS) is 13.9. The van der Waals surface area contributed by atoms with Crippen molar-refractivity contribution in [3.8, 4) is 0 Å². The standard InChI is InChI=1S/C11H14N2/c1-7(2)9-5-4-6-10-11(9)13-8(3)12-10/h4-7,12-13H,3H2,1-2H3. The van der Waals surface area contributed by atoms with Gasteiger partial charge in [0.15, 0.2) is 0 Å². The second kappa shape index (κ2) is 2.80. The molecule has 2 rings (SSSR count). The van der Waals surface area contributed by atoms with Gasteiger partial charge in [0.2, 0.25) is 0 Å². The first kappa shape index (κ1) is 8.17. The van der Waals surface area contributed by atoms with E-state index in [0.717, 1.165) is 11.5 Å². The largest absolute Gasteiger partial charge is 0.341 e. The van der Waals surface area contributed by atoms with Crippen LogP contribution >= 0.6 is 0 Å². The van der Waals surface area contributed by atoms with Gasteiger partial charge in [-0.15, -0.1) is 0 Å². The average Bonchev–Trinajstić information content (AvgIpc) is 2.43. The highest BCUT2D eigenvalue weighted by Gasteiger charge is 2.16. The Hall–Kier alpha value is -1.44. The van der Waals surface area contributed by atoms with Crippen molar-refractivity contribution in [2.75, 3.05) is 10.6 Å². The molecule has 0 aliphatic carbocycles. The van der Waals surface area contributed by atoms with Gasteiger partial charge in [-0.2, -0.15) is 0 Å². The molecule has 0 saturated carbocycles. The monoisotopic (exact) mass is 174 g/mol. The van der Waals surface area contributed by atoms with Crippen molar-refractivity contribution in [2.45, 2.75) is 19.8 Å². The molecule has 13 heavy (non-hydrogen) atoms. The zero-order valence-electron chi connectivity index (χ0n) is 8.02. The summed E-state index contributed by atoms with van der Waals surface area (Å²) in [7, 11) is 0. The van der Waals surface area contributed by atoms with Crippen LogP contribution in [0, 0.1) is 0 Å². The lowest BCUT2D eigenvalue weighted by Gasteiger charge is -2.10. The SMILES string of the molecule is C=C1Nc2cccc(C(C)C)c2N1. The number of anilines is 2. The van der Waals surface area contributed by atoms with Crippen LogP contribution in [0.25, 0.3) is 0 Å². The van der Waals surface area contributed by atoms with Gasteiger partial charge in [0.05, 0.1) is 11.4 Å². The highest BCUT2D eigenvalue weighted by Crippen LogP contribution is 2.36. The minimum atomic E-state index is 0.537. The van der Waals surface area contributed by atoms with Crippen LogP contribution in [0.3, 0.4) is 0 Å². The summed E-state index contributed by atoms with van der Waals surface area (Å²) in [5, 5.41) is 6.43. The molecule has 0 unspecified atom stereocenters. The fraction of sp³-hybridized carbons (Fsp3) is 0.273. The summed E-state index contributed by atoms with van der Waals surface area (Å²) < 4.78 is 0. The van der Waals surface area contributed by atoms with Crippen LogP contribution in [0.1, 0.15) is 25.3 Å². The number of benzene rings is 1. The number of para-hydroxylation sites is 1. The summed E-state index contributed by atoms with van der Waals surface area (Å²) in [6, 6.07) is 6.28. The third-order valence-corrected chi connectivity index (χ3v) is 2.28. The first-order valence-corrected chi connectivity index (χ1v) is 4.54. The van der Waals surface area contributed by atoms with E-state index in [1.54, 1.807) is 0 Å². The second-order valence-electron chi connectivity index (χ2n) is 3.65. The van der Waals surface area contributed by atoms with Gasteiger partial charge in [-0.1, -0.05) is 32.6 Å². The van der Waals surface area contributed by atoms with Crippen LogP contribution in [0.15, 0.2) is 30.6 Å². The van der Waals surface area contributed by atoms with Crippen molar-refractivity contribution in [1.29, 1.82) is 0 Å². The first-order valence-electron chi connectivity index (χ1n) is 4.54. The van der Waals surface area contributed by atoms with Gasteiger partial charge >= 0.3 is 0 Å². The van der Waals surface area contributed by atoms with Crippen LogP contribution in [0.4, 0.5) is 11.4 Å². The van der Waals surface area contributed by atoms with Gasteiger partial charge in [-0.3, -0.25) is 0 Å². The minimum absolute atomic E-state index is 0.537. The average molecular weight is 174 g/mol. The highest BCUT2D eigenvalue weighted by molar-refractivity contribution is 5.81. The van der Waals surface area contributed by atoms with Crippen molar-refractivity contribution >= 4 is 11.4 Å². The van der Waals surface area contributed by atoms with E-state index in [2.05, 4.69) is 49.3 Å². The number of nitrogens with one attached hydrogen (secondary N) is 2. The van der Waals surface area contributed by atoms with Crippen molar-refractivity contribution in [1.82, 2.24) is 0 Å². The summed E-state index contributed by atoms with van der Waals surface area (Å²) in [5.41, 5.74) is 3.65. The van der Waals surface area contributed by atoms with E-state index in [4.69, 9.17) is 0 Å². The molecule has 1 aliphatic heterocycles. The van der Waals surface area contributed by atoms with Crippen molar-refractivity contribution in [2.24, 2.45) is 0 Å². The Bertz CT molecular complexity index is 353. The molecule has 2 heteroatoms. The van der Waals surface area contributed by atoms with Crippen molar-refractivity contribution in [3.05, 3.63) is 36.2 Å². The summed E-state index contributed by atoms with van der Waals surface area (Å²) in [4.78, 5) is 0. The molecule has 1 aromatic rings. The van der Waals surface area contributed by atoms with Crippen molar-refractivity contribution in [3.63, 3.8) is 0 Å². The maximum Gasteiger partial charge on any atom is 0.100 e. The molecule has 0 aromatic heterocycles. The van der Waals surface area contributed by atoms with Gasteiger partial charge in [-0.05, 0) is 17.5 Å². The second-order valence-corrected chi connectivity index (χ2v) is 3.65. The van der Waals surface area contributed by atoms with Gasteiger partial charge in [0.25, 0.3) is 0 Å². The number of fused-ring (bicyclic) bond motifs is 1. The quantitative estimate of drug-likeness (QED) is 0.683. The van der Waals surface area contributed by atoms with E-state index in [-0.39, 0.29) is 0 Å². The number of rotatable bonds is 1. The summed E-state index contributed by atoms with van der Waals surface area (Å²) >= 11 is 0. The Morgan fingerprint density at radius 3 is 2.69 bits per heavy atom. The molecule has 0 saturated heterocycles. The molecule has 2 N–H and O–H groups in total. The molecule has 0 bridgehead atoms.